The van der Waals surface area contributed by atoms with E-state index in [9.17, 15) is 4.79 Å². The van der Waals surface area contributed by atoms with Gasteiger partial charge in [-0.1, -0.05) is 18.5 Å². The first kappa shape index (κ1) is 13.5. The van der Waals surface area contributed by atoms with Crippen molar-refractivity contribution in [3.05, 3.63) is 34.9 Å². The van der Waals surface area contributed by atoms with Crippen molar-refractivity contribution in [3.63, 3.8) is 0 Å². The van der Waals surface area contributed by atoms with Crippen LogP contribution in [0.5, 0.6) is 0 Å². The molecule has 1 aromatic rings. The summed E-state index contributed by atoms with van der Waals surface area (Å²) in [5.74, 6) is 0.142. The van der Waals surface area contributed by atoms with Gasteiger partial charge < -0.3 is 4.74 Å². The molecule has 1 aliphatic rings. The zero-order valence-corrected chi connectivity index (χ0v) is 11.3. The molecule has 0 bridgehead atoms. The maximum atomic E-state index is 12.1. The highest BCUT2D eigenvalue weighted by molar-refractivity contribution is 6.30. The quantitative estimate of drug-likeness (QED) is 0.786. The maximum Gasteiger partial charge on any atom is 0.176 e. The van der Waals surface area contributed by atoms with Crippen LogP contribution in [0.3, 0.4) is 0 Å². The van der Waals surface area contributed by atoms with Crippen LogP contribution >= 0.6 is 11.6 Å². The number of benzene rings is 1. The molecule has 0 radical (unpaired) electrons. The highest BCUT2D eigenvalue weighted by atomic mass is 35.5. The molecule has 1 aromatic carbocycles. The molecule has 1 heterocycles. The van der Waals surface area contributed by atoms with Gasteiger partial charge >= 0.3 is 0 Å². The second-order valence-corrected chi connectivity index (χ2v) is 5.00. The van der Waals surface area contributed by atoms with Gasteiger partial charge in [-0.05, 0) is 30.7 Å². The molecule has 18 heavy (non-hydrogen) atoms. The van der Waals surface area contributed by atoms with Crippen molar-refractivity contribution in [1.29, 1.82) is 0 Å². The summed E-state index contributed by atoms with van der Waals surface area (Å²) in [6.45, 7) is 4.95. The lowest BCUT2D eigenvalue weighted by Gasteiger charge is -2.31. The molecule has 0 aliphatic carbocycles. The SMILES string of the molecule is CCC1CN(CC(=O)c2ccc(Cl)cc2)CCO1. The van der Waals surface area contributed by atoms with E-state index in [1.807, 2.05) is 0 Å². The molecule has 0 amide bonds. The second kappa shape index (κ2) is 6.32. The van der Waals surface area contributed by atoms with Crippen LogP contribution in [-0.4, -0.2) is 43.0 Å². The number of rotatable bonds is 4. The van der Waals surface area contributed by atoms with Crippen LogP contribution in [0.15, 0.2) is 24.3 Å². The minimum Gasteiger partial charge on any atom is -0.376 e. The second-order valence-electron chi connectivity index (χ2n) is 4.57. The van der Waals surface area contributed by atoms with Crippen LogP contribution in [0.4, 0.5) is 0 Å². The molecule has 2 rings (SSSR count). The minimum absolute atomic E-state index is 0.142. The van der Waals surface area contributed by atoms with Gasteiger partial charge in [0, 0.05) is 23.7 Å². The van der Waals surface area contributed by atoms with E-state index in [0.717, 1.165) is 25.1 Å². The molecule has 0 aromatic heterocycles. The topological polar surface area (TPSA) is 29.5 Å². The van der Waals surface area contributed by atoms with Gasteiger partial charge in [0.15, 0.2) is 5.78 Å². The van der Waals surface area contributed by atoms with E-state index in [2.05, 4.69) is 11.8 Å². The summed E-state index contributed by atoms with van der Waals surface area (Å²) in [5.41, 5.74) is 0.721. The first-order valence-electron chi connectivity index (χ1n) is 6.31. The molecule has 0 spiro atoms. The molecule has 1 fully saturated rings. The smallest absolute Gasteiger partial charge is 0.176 e. The fourth-order valence-electron chi connectivity index (χ4n) is 2.10. The zero-order valence-electron chi connectivity index (χ0n) is 10.6. The number of hydrogen-bond acceptors (Lipinski definition) is 3. The summed E-state index contributed by atoms with van der Waals surface area (Å²) < 4.78 is 5.59. The van der Waals surface area contributed by atoms with Gasteiger partial charge in [-0.2, -0.15) is 0 Å². The summed E-state index contributed by atoms with van der Waals surface area (Å²) in [4.78, 5) is 14.3. The van der Waals surface area contributed by atoms with E-state index in [1.165, 1.54) is 0 Å². The van der Waals surface area contributed by atoms with Crippen LogP contribution in [0.1, 0.15) is 23.7 Å². The fraction of sp³-hybridized carbons (Fsp3) is 0.500. The lowest BCUT2D eigenvalue weighted by atomic mass is 10.1. The molecule has 98 valence electrons. The van der Waals surface area contributed by atoms with Crippen molar-refractivity contribution in [3.8, 4) is 0 Å². The van der Waals surface area contributed by atoms with E-state index in [0.29, 0.717) is 18.2 Å². The Morgan fingerprint density at radius 1 is 1.44 bits per heavy atom. The van der Waals surface area contributed by atoms with E-state index >= 15 is 0 Å². The normalized spacial score (nSPS) is 20.9. The number of nitrogens with zero attached hydrogens (tertiary/aromatic N) is 1. The van der Waals surface area contributed by atoms with Crippen molar-refractivity contribution in [2.75, 3.05) is 26.2 Å². The predicted octanol–water partition coefficient (Wildman–Crippen LogP) is 2.63. The van der Waals surface area contributed by atoms with Gasteiger partial charge in [-0.25, -0.2) is 0 Å². The van der Waals surface area contributed by atoms with Gasteiger partial charge in [-0.15, -0.1) is 0 Å². The Labute approximate surface area is 113 Å². The fourth-order valence-corrected chi connectivity index (χ4v) is 2.23. The number of Topliss-reactive ketones (excluding diaryl/α,β-unsaturated/α-hetero) is 1. The molecule has 1 aliphatic heterocycles. The lowest BCUT2D eigenvalue weighted by molar-refractivity contribution is -0.0271. The van der Waals surface area contributed by atoms with E-state index < -0.39 is 0 Å². The van der Waals surface area contributed by atoms with Gasteiger partial charge in [-0.3, -0.25) is 9.69 Å². The number of halogens is 1. The highest BCUT2D eigenvalue weighted by Gasteiger charge is 2.21. The Hall–Kier alpha value is -0.900. The lowest BCUT2D eigenvalue weighted by Crippen LogP contribution is -2.44. The van der Waals surface area contributed by atoms with E-state index in [-0.39, 0.29) is 11.9 Å². The van der Waals surface area contributed by atoms with Crippen LogP contribution in [-0.2, 0) is 4.74 Å². The van der Waals surface area contributed by atoms with Crippen LogP contribution in [0, 0.1) is 0 Å². The van der Waals surface area contributed by atoms with Gasteiger partial charge in [0.25, 0.3) is 0 Å². The molecule has 1 unspecified atom stereocenters. The zero-order chi connectivity index (χ0) is 13.0. The molecule has 1 atom stereocenters. The molecule has 3 nitrogen and oxygen atoms in total. The summed E-state index contributed by atoms with van der Waals surface area (Å²) in [7, 11) is 0. The largest absolute Gasteiger partial charge is 0.376 e. The van der Waals surface area contributed by atoms with Crippen molar-refractivity contribution in [2.45, 2.75) is 19.4 Å². The molecular weight excluding hydrogens is 250 g/mol. The number of carbonyl (C=O) groups is 1. The Morgan fingerprint density at radius 3 is 2.83 bits per heavy atom. The average Bonchev–Trinajstić information content (AvgIpc) is 2.39. The van der Waals surface area contributed by atoms with Crippen LogP contribution < -0.4 is 0 Å². The Morgan fingerprint density at radius 2 is 2.17 bits per heavy atom. The molecule has 0 N–H and O–H groups in total. The first-order valence-corrected chi connectivity index (χ1v) is 6.69. The number of morpholine rings is 1. The molecule has 0 saturated carbocycles. The number of hydrogen-bond donors (Lipinski definition) is 0. The maximum absolute atomic E-state index is 12.1. The summed E-state index contributed by atoms with van der Waals surface area (Å²) >= 11 is 5.81. The number of carbonyl (C=O) groups excluding carboxylic acids is 1. The third-order valence-corrected chi connectivity index (χ3v) is 3.46. The third kappa shape index (κ3) is 3.55. The standard InChI is InChI=1S/C14H18ClNO2/c1-2-13-9-16(7-8-18-13)10-14(17)11-3-5-12(15)6-4-11/h3-6,13H,2,7-10H2,1H3. The van der Waals surface area contributed by atoms with E-state index in [4.69, 9.17) is 16.3 Å². The Bertz CT molecular complexity index is 405. The van der Waals surface area contributed by atoms with E-state index in [1.54, 1.807) is 24.3 Å². The number of ketones is 1. The summed E-state index contributed by atoms with van der Waals surface area (Å²) in [6, 6.07) is 7.07. The molecule has 4 heteroatoms. The monoisotopic (exact) mass is 267 g/mol. The third-order valence-electron chi connectivity index (χ3n) is 3.21. The molecular formula is C14H18ClNO2. The Kier molecular flexibility index (Phi) is 4.75. The van der Waals surface area contributed by atoms with Gasteiger partial charge in [0.05, 0.1) is 19.3 Å². The van der Waals surface area contributed by atoms with Crippen LogP contribution in [0.25, 0.3) is 0 Å². The van der Waals surface area contributed by atoms with Gasteiger partial charge in [0.1, 0.15) is 0 Å². The first-order chi connectivity index (χ1) is 8.69. The highest BCUT2D eigenvalue weighted by Crippen LogP contribution is 2.12. The minimum atomic E-state index is 0.142. The predicted molar refractivity (Wildman–Crippen MR) is 72.3 cm³/mol. The Balaban J connectivity index is 1.92. The van der Waals surface area contributed by atoms with Crippen molar-refractivity contribution in [1.82, 2.24) is 4.90 Å². The van der Waals surface area contributed by atoms with Crippen molar-refractivity contribution in [2.24, 2.45) is 0 Å². The van der Waals surface area contributed by atoms with Crippen molar-refractivity contribution < 1.29 is 9.53 Å². The van der Waals surface area contributed by atoms with Gasteiger partial charge in [0.2, 0.25) is 0 Å². The molecule has 1 saturated heterocycles. The summed E-state index contributed by atoms with van der Waals surface area (Å²) in [5, 5.41) is 0.656. The van der Waals surface area contributed by atoms with Crippen molar-refractivity contribution >= 4 is 17.4 Å². The average molecular weight is 268 g/mol. The van der Waals surface area contributed by atoms with Crippen LogP contribution in [0.2, 0.25) is 5.02 Å². The number of ether oxygens (including phenoxy) is 1. The summed E-state index contributed by atoms with van der Waals surface area (Å²) in [6.07, 6.45) is 1.25.